The van der Waals surface area contributed by atoms with E-state index in [1.165, 1.54) is 88.8 Å². The summed E-state index contributed by atoms with van der Waals surface area (Å²) in [5.41, 5.74) is 0. The fraction of sp³-hybridized carbons (Fsp3) is 0.714. The van der Waals surface area contributed by atoms with Gasteiger partial charge in [0.1, 0.15) is 0 Å². The summed E-state index contributed by atoms with van der Waals surface area (Å²) in [7, 11) is 0. The Balaban J connectivity index is 1.73. The SMILES string of the molecule is CCCCCCCCCCCCCCC[Se]c1ccccc1. The summed E-state index contributed by atoms with van der Waals surface area (Å²) in [5, 5.41) is 1.43. The molecular formula is C21H36Se. The Kier molecular flexibility index (Phi) is 14.1. The third-order valence-corrected chi connectivity index (χ3v) is 6.56. The number of benzene rings is 1. The van der Waals surface area contributed by atoms with Gasteiger partial charge in [0.05, 0.1) is 0 Å². The maximum atomic E-state index is 2.29. The molecule has 0 spiro atoms. The standard InChI is InChI=1S/C21H36Se/c1-2-3-4-5-6-7-8-9-10-11-12-13-17-20-22-21-18-15-14-16-19-21/h14-16,18-19H,2-13,17,20H2,1H3. The first-order chi connectivity index (χ1) is 10.9. The van der Waals surface area contributed by atoms with Gasteiger partial charge in [0, 0.05) is 0 Å². The van der Waals surface area contributed by atoms with Crippen LogP contribution in [0.4, 0.5) is 0 Å². The molecule has 1 aromatic rings. The summed E-state index contributed by atoms with van der Waals surface area (Å²) in [5.74, 6) is 0. The van der Waals surface area contributed by atoms with E-state index >= 15 is 0 Å². The van der Waals surface area contributed by atoms with Crippen LogP contribution in [0.2, 0.25) is 5.32 Å². The molecular weight excluding hydrogens is 331 g/mol. The van der Waals surface area contributed by atoms with E-state index in [1.54, 1.807) is 4.46 Å². The molecule has 0 aliphatic rings. The van der Waals surface area contributed by atoms with Crippen molar-refractivity contribution in [2.24, 2.45) is 0 Å². The molecule has 1 heteroatoms. The van der Waals surface area contributed by atoms with Crippen molar-refractivity contribution in [3.8, 4) is 0 Å². The van der Waals surface area contributed by atoms with Crippen molar-refractivity contribution in [2.45, 2.75) is 95.7 Å². The minimum atomic E-state index is 0.707. The number of hydrogen-bond acceptors (Lipinski definition) is 0. The Labute approximate surface area is 145 Å². The molecule has 0 N–H and O–H groups in total. The molecule has 0 amide bonds. The first-order valence-electron chi connectivity index (χ1n) is 9.61. The molecule has 0 bridgehead atoms. The molecule has 0 nitrogen and oxygen atoms in total. The summed E-state index contributed by atoms with van der Waals surface area (Å²) >= 11 is 0.707. The number of rotatable bonds is 15. The summed E-state index contributed by atoms with van der Waals surface area (Å²) in [6, 6.07) is 11.0. The van der Waals surface area contributed by atoms with Gasteiger partial charge in [-0.1, -0.05) is 19.8 Å². The fourth-order valence-corrected chi connectivity index (χ4v) is 4.79. The summed E-state index contributed by atoms with van der Waals surface area (Å²) in [6.07, 6.45) is 18.9. The molecule has 22 heavy (non-hydrogen) atoms. The molecule has 0 unspecified atom stereocenters. The zero-order valence-electron chi connectivity index (χ0n) is 14.7. The van der Waals surface area contributed by atoms with E-state index in [0.29, 0.717) is 15.0 Å². The van der Waals surface area contributed by atoms with Crippen LogP contribution >= 0.6 is 0 Å². The second kappa shape index (κ2) is 15.6. The van der Waals surface area contributed by atoms with E-state index in [1.807, 2.05) is 0 Å². The Bertz CT molecular complexity index is 320. The van der Waals surface area contributed by atoms with Crippen LogP contribution in [0.5, 0.6) is 0 Å². The predicted molar refractivity (Wildman–Crippen MR) is 102 cm³/mol. The van der Waals surface area contributed by atoms with Crippen molar-refractivity contribution in [2.75, 3.05) is 0 Å². The van der Waals surface area contributed by atoms with Crippen LogP contribution in [0, 0.1) is 0 Å². The van der Waals surface area contributed by atoms with Crippen LogP contribution in [-0.4, -0.2) is 15.0 Å². The van der Waals surface area contributed by atoms with Crippen LogP contribution in [0.3, 0.4) is 0 Å². The summed E-state index contributed by atoms with van der Waals surface area (Å²) in [4.78, 5) is 0. The molecule has 0 aliphatic carbocycles. The van der Waals surface area contributed by atoms with Crippen LogP contribution in [-0.2, 0) is 0 Å². The third-order valence-electron chi connectivity index (χ3n) is 4.26. The van der Waals surface area contributed by atoms with Gasteiger partial charge in [-0.3, -0.25) is 0 Å². The van der Waals surface area contributed by atoms with Gasteiger partial charge in [-0.2, -0.15) is 0 Å². The van der Waals surface area contributed by atoms with Crippen molar-refractivity contribution in [3.05, 3.63) is 30.3 Å². The molecule has 1 rings (SSSR count). The van der Waals surface area contributed by atoms with E-state index in [0.717, 1.165) is 0 Å². The van der Waals surface area contributed by atoms with Gasteiger partial charge < -0.3 is 0 Å². The van der Waals surface area contributed by atoms with Crippen molar-refractivity contribution < 1.29 is 0 Å². The van der Waals surface area contributed by atoms with Gasteiger partial charge in [0.25, 0.3) is 0 Å². The molecule has 0 aromatic heterocycles. The van der Waals surface area contributed by atoms with E-state index in [-0.39, 0.29) is 0 Å². The van der Waals surface area contributed by atoms with E-state index < -0.39 is 0 Å². The maximum absolute atomic E-state index is 2.29. The Morgan fingerprint density at radius 2 is 1.05 bits per heavy atom. The van der Waals surface area contributed by atoms with Crippen LogP contribution < -0.4 is 4.46 Å². The molecule has 0 aliphatic heterocycles. The average molecular weight is 367 g/mol. The first-order valence-corrected chi connectivity index (χ1v) is 11.7. The molecule has 0 fully saturated rings. The van der Waals surface area contributed by atoms with E-state index in [9.17, 15) is 0 Å². The van der Waals surface area contributed by atoms with E-state index in [2.05, 4.69) is 37.3 Å². The zero-order valence-corrected chi connectivity index (χ0v) is 16.4. The quantitative estimate of drug-likeness (QED) is 0.244. The van der Waals surface area contributed by atoms with Gasteiger partial charge in [0.2, 0.25) is 0 Å². The monoisotopic (exact) mass is 368 g/mol. The van der Waals surface area contributed by atoms with Crippen molar-refractivity contribution in [3.63, 3.8) is 0 Å². The molecule has 0 atom stereocenters. The summed E-state index contributed by atoms with van der Waals surface area (Å²) < 4.78 is 1.56. The molecule has 126 valence electrons. The van der Waals surface area contributed by atoms with Gasteiger partial charge in [-0.15, -0.1) is 0 Å². The van der Waals surface area contributed by atoms with Crippen LogP contribution in [0.15, 0.2) is 30.3 Å². The summed E-state index contributed by atoms with van der Waals surface area (Å²) in [6.45, 7) is 2.29. The molecule has 1 aromatic carbocycles. The van der Waals surface area contributed by atoms with Gasteiger partial charge in [-0.25, -0.2) is 0 Å². The van der Waals surface area contributed by atoms with Crippen LogP contribution in [0.25, 0.3) is 0 Å². The average Bonchev–Trinajstić information content (AvgIpc) is 2.56. The van der Waals surface area contributed by atoms with Gasteiger partial charge >= 0.3 is 126 Å². The first kappa shape index (κ1) is 19.8. The topological polar surface area (TPSA) is 0 Å². The minimum absolute atomic E-state index is 0.707. The van der Waals surface area contributed by atoms with Crippen molar-refractivity contribution >= 4 is 19.4 Å². The van der Waals surface area contributed by atoms with Crippen molar-refractivity contribution in [1.82, 2.24) is 0 Å². The second-order valence-corrected chi connectivity index (χ2v) is 8.86. The van der Waals surface area contributed by atoms with Gasteiger partial charge in [-0.05, 0) is 0 Å². The second-order valence-electron chi connectivity index (χ2n) is 6.40. The fourth-order valence-electron chi connectivity index (χ4n) is 2.83. The Morgan fingerprint density at radius 1 is 0.591 bits per heavy atom. The zero-order chi connectivity index (χ0) is 15.7. The normalized spacial score (nSPS) is 11.0. The molecule has 0 radical (unpaired) electrons. The van der Waals surface area contributed by atoms with Crippen molar-refractivity contribution in [1.29, 1.82) is 0 Å². The molecule has 0 saturated heterocycles. The van der Waals surface area contributed by atoms with Gasteiger partial charge in [0.15, 0.2) is 0 Å². The van der Waals surface area contributed by atoms with E-state index in [4.69, 9.17) is 0 Å². The number of unbranched alkanes of at least 4 members (excludes halogenated alkanes) is 12. The Hall–Kier alpha value is -0.261. The number of hydrogen-bond donors (Lipinski definition) is 0. The third kappa shape index (κ3) is 12.3. The molecule has 0 heterocycles. The molecule has 0 saturated carbocycles. The predicted octanol–water partition coefficient (Wildman–Crippen LogP) is 6.53. The van der Waals surface area contributed by atoms with Crippen LogP contribution in [0.1, 0.15) is 90.4 Å². The Morgan fingerprint density at radius 3 is 1.55 bits per heavy atom.